The standard InChI is InChI=1S/C60H46N6O3/c1-3-4-17-43(2)64(52-31-25-44(26-32-52)55-22-11-14-37-61-55)58(67)47-40-48(59(68)65(50-18-7-5-8-19-50)53-33-27-45(28-34-53)56-23-12-15-38-62-56)42-49(41-47)60(69)66(51-20-9-6-10-21-51)54-35-29-46(30-36-54)57-24-13-16-39-63-57/h3-42H,1-2H3/b4-3-,43-17+. The molecule has 0 aliphatic carbocycles. The molecule has 3 aromatic heterocycles. The van der Waals surface area contributed by atoms with Crippen LogP contribution in [0, 0.1) is 0 Å². The molecule has 6 aromatic carbocycles. The molecule has 69 heavy (non-hydrogen) atoms. The van der Waals surface area contributed by atoms with Gasteiger partial charge < -0.3 is 0 Å². The van der Waals surface area contributed by atoms with Crippen LogP contribution in [0.15, 0.2) is 249 Å². The lowest BCUT2D eigenvalue weighted by molar-refractivity contribution is 0.0994. The molecule has 3 heterocycles. The lowest BCUT2D eigenvalue weighted by Crippen LogP contribution is -2.32. The van der Waals surface area contributed by atoms with Gasteiger partial charge in [0, 0.05) is 86.1 Å². The van der Waals surface area contributed by atoms with Gasteiger partial charge in [-0.05, 0) is 135 Å². The second-order valence-corrected chi connectivity index (χ2v) is 16.0. The van der Waals surface area contributed by atoms with E-state index in [1.807, 2.05) is 220 Å². The minimum atomic E-state index is -0.450. The molecule has 0 bridgehead atoms. The van der Waals surface area contributed by atoms with Crippen LogP contribution in [0.3, 0.4) is 0 Å². The van der Waals surface area contributed by atoms with Crippen molar-refractivity contribution in [2.24, 2.45) is 0 Å². The van der Waals surface area contributed by atoms with E-state index in [0.717, 1.165) is 33.8 Å². The minimum absolute atomic E-state index is 0.126. The summed E-state index contributed by atoms with van der Waals surface area (Å²) in [6, 6.07) is 63.2. The Labute approximate surface area is 401 Å². The molecule has 9 nitrogen and oxygen atoms in total. The van der Waals surface area contributed by atoms with Crippen LogP contribution in [-0.4, -0.2) is 32.7 Å². The first kappa shape index (κ1) is 44.8. The van der Waals surface area contributed by atoms with Crippen molar-refractivity contribution >= 4 is 46.2 Å². The normalized spacial score (nSPS) is 11.2. The van der Waals surface area contributed by atoms with Gasteiger partial charge in [0.2, 0.25) is 0 Å². The van der Waals surface area contributed by atoms with Gasteiger partial charge in [-0.3, -0.25) is 44.0 Å². The molecular weight excluding hydrogens is 853 g/mol. The van der Waals surface area contributed by atoms with E-state index in [1.54, 1.807) is 51.5 Å². The molecule has 0 spiro atoms. The zero-order valence-corrected chi connectivity index (χ0v) is 38.0. The number of nitrogens with zero attached hydrogens (tertiary/aromatic N) is 6. The Morgan fingerprint density at radius 2 is 0.725 bits per heavy atom. The Balaban J connectivity index is 1.19. The van der Waals surface area contributed by atoms with Crippen LogP contribution in [-0.2, 0) is 0 Å². The number of carbonyl (C=O) groups excluding carboxylic acids is 3. The Kier molecular flexibility index (Phi) is 13.6. The van der Waals surface area contributed by atoms with Crippen LogP contribution in [0.25, 0.3) is 33.8 Å². The molecule has 0 aliphatic heterocycles. The van der Waals surface area contributed by atoms with E-state index in [2.05, 4.69) is 15.0 Å². The molecule has 0 N–H and O–H groups in total. The predicted octanol–water partition coefficient (Wildman–Crippen LogP) is 14.0. The third kappa shape index (κ3) is 10.1. The summed E-state index contributed by atoms with van der Waals surface area (Å²) in [5.41, 5.74) is 8.94. The quantitative estimate of drug-likeness (QED) is 0.107. The van der Waals surface area contributed by atoms with Crippen molar-refractivity contribution in [2.45, 2.75) is 13.8 Å². The number of hydrogen-bond acceptors (Lipinski definition) is 6. The highest BCUT2D eigenvalue weighted by atomic mass is 16.2. The molecule has 3 amide bonds. The predicted molar refractivity (Wildman–Crippen MR) is 277 cm³/mol. The first-order chi connectivity index (χ1) is 33.9. The van der Waals surface area contributed by atoms with Gasteiger partial charge in [0.25, 0.3) is 17.7 Å². The molecule has 0 saturated carbocycles. The lowest BCUT2D eigenvalue weighted by atomic mass is 10.0. The molecular formula is C60H46N6O3. The average molecular weight is 899 g/mol. The fraction of sp³-hybridized carbons (Fsp3) is 0.0333. The maximum Gasteiger partial charge on any atom is 0.262 e. The fourth-order valence-corrected chi connectivity index (χ4v) is 8.04. The van der Waals surface area contributed by atoms with Crippen molar-refractivity contribution in [1.82, 2.24) is 15.0 Å². The number of para-hydroxylation sites is 2. The topological polar surface area (TPSA) is 99.6 Å². The summed E-state index contributed by atoms with van der Waals surface area (Å²) in [6.07, 6.45) is 10.8. The van der Waals surface area contributed by atoms with Crippen LogP contribution in [0.4, 0.5) is 28.4 Å². The second kappa shape index (κ2) is 20.9. The summed E-state index contributed by atoms with van der Waals surface area (Å²) in [7, 11) is 0. The number of allylic oxidation sites excluding steroid dienone is 4. The van der Waals surface area contributed by atoms with Gasteiger partial charge in [0.05, 0.1) is 17.1 Å². The zero-order chi connectivity index (χ0) is 47.5. The fourth-order valence-electron chi connectivity index (χ4n) is 8.04. The number of rotatable bonds is 13. The number of carbonyl (C=O) groups is 3. The number of pyridine rings is 3. The van der Waals surface area contributed by atoms with Crippen LogP contribution >= 0.6 is 0 Å². The van der Waals surface area contributed by atoms with E-state index in [0.29, 0.717) is 34.1 Å². The molecule has 0 aliphatic rings. The van der Waals surface area contributed by atoms with E-state index in [4.69, 9.17) is 0 Å². The van der Waals surface area contributed by atoms with E-state index < -0.39 is 17.7 Å². The third-order valence-corrected chi connectivity index (χ3v) is 11.5. The first-order valence-electron chi connectivity index (χ1n) is 22.5. The number of aromatic nitrogens is 3. The smallest absolute Gasteiger partial charge is 0.262 e. The van der Waals surface area contributed by atoms with Gasteiger partial charge >= 0.3 is 0 Å². The molecule has 0 saturated heterocycles. The maximum absolute atomic E-state index is 15.5. The summed E-state index contributed by atoms with van der Waals surface area (Å²) < 4.78 is 0. The van der Waals surface area contributed by atoms with Crippen molar-refractivity contribution in [3.05, 3.63) is 265 Å². The van der Waals surface area contributed by atoms with E-state index in [1.165, 1.54) is 0 Å². The molecule has 9 aromatic rings. The summed E-state index contributed by atoms with van der Waals surface area (Å²) in [5.74, 6) is -1.35. The SMILES string of the molecule is C/C=C\C=C(/C)N(C(=O)c1cc(C(=O)N(c2ccccc2)c2ccc(-c3ccccn3)cc2)cc(C(=O)N(c2ccccc2)c2ccc(-c3ccccn3)cc2)c1)c1ccc(-c2ccccn2)cc1. The number of amides is 3. The molecule has 334 valence electrons. The van der Waals surface area contributed by atoms with E-state index in [9.17, 15) is 0 Å². The highest BCUT2D eigenvalue weighted by molar-refractivity contribution is 6.18. The first-order valence-corrected chi connectivity index (χ1v) is 22.5. The Morgan fingerprint density at radius 1 is 0.391 bits per heavy atom. The highest BCUT2D eigenvalue weighted by Gasteiger charge is 2.29. The van der Waals surface area contributed by atoms with Crippen LogP contribution in [0.1, 0.15) is 44.9 Å². The largest absolute Gasteiger partial charge is 0.281 e. The summed E-state index contributed by atoms with van der Waals surface area (Å²) in [6.45, 7) is 3.75. The summed E-state index contributed by atoms with van der Waals surface area (Å²) in [4.78, 5) is 64.6. The van der Waals surface area contributed by atoms with Gasteiger partial charge in [0.1, 0.15) is 0 Å². The second-order valence-electron chi connectivity index (χ2n) is 16.0. The van der Waals surface area contributed by atoms with Gasteiger partial charge in [-0.2, -0.15) is 0 Å². The monoisotopic (exact) mass is 898 g/mol. The van der Waals surface area contributed by atoms with Crippen molar-refractivity contribution < 1.29 is 14.4 Å². The van der Waals surface area contributed by atoms with Crippen LogP contribution in [0.5, 0.6) is 0 Å². The van der Waals surface area contributed by atoms with Gasteiger partial charge in [-0.15, -0.1) is 0 Å². The van der Waals surface area contributed by atoms with E-state index in [-0.39, 0.29) is 16.7 Å². The Hall–Kier alpha value is -9.34. The van der Waals surface area contributed by atoms with Crippen molar-refractivity contribution in [2.75, 3.05) is 14.7 Å². The van der Waals surface area contributed by atoms with Crippen molar-refractivity contribution in [3.8, 4) is 33.8 Å². The number of hydrogen-bond donors (Lipinski definition) is 0. The number of anilines is 5. The molecule has 0 fully saturated rings. The minimum Gasteiger partial charge on any atom is -0.281 e. The molecule has 9 heteroatoms. The summed E-state index contributed by atoms with van der Waals surface area (Å²) >= 11 is 0. The van der Waals surface area contributed by atoms with Crippen molar-refractivity contribution in [3.63, 3.8) is 0 Å². The van der Waals surface area contributed by atoms with E-state index >= 15 is 14.4 Å². The van der Waals surface area contributed by atoms with Crippen LogP contribution < -0.4 is 14.7 Å². The Bertz CT molecular complexity index is 3100. The van der Waals surface area contributed by atoms with Gasteiger partial charge in [-0.25, -0.2) is 0 Å². The van der Waals surface area contributed by atoms with Gasteiger partial charge in [0.15, 0.2) is 0 Å². The molecule has 9 rings (SSSR count). The average Bonchev–Trinajstić information content (AvgIpc) is 3.42. The lowest BCUT2D eigenvalue weighted by Gasteiger charge is -2.27. The molecule has 0 unspecified atom stereocenters. The van der Waals surface area contributed by atoms with Crippen molar-refractivity contribution in [1.29, 1.82) is 0 Å². The highest BCUT2D eigenvalue weighted by Crippen LogP contribution is 2.34. The Morgan fingerprint density at radius 3 is 1.07 bits per heavy atom. The number of benzene rings is 6. The molecule has 0 atom stereocenters. The van der Waals surface area contributed by atoms with Crippen LogP contribution in [0.2, 0.25) is 0 Å². The zero-order valence-electron chi connectivity index (χ0n) is 38.0. The summed E-state index contributed by atoms with van der Waals surface area (Å²) in [5, 5.41) is 0. The van der Waals surface area contributed by atoms with Gasteiger partial charge in [-0.1, -0.05) is 103 Å². The molecule has 0 radical (unpaired) electrons. The third-order valence-electron chi connectivity index (χ3n) is 11.5. The maximum atomic E-state index is 15.5.